The lowest BCUT2D eigenvalue weighted by atomic mass is 9.99. The van der Waals surface area contributed by atoms with E-state index >= 15 is 0 Å². The van der Waals surface area contributed by atoms with Crippen molar-refractivity contribution in [2.24, 2.45) is 0 Å². The average molecular weight is 252 g/mol. The number of hydrogen-bond donors (Lipinski definition) is 2. The fourth-order valence-electron chi connectivity index (χ4n) is 2.06. The van der Waals surface area contributed by atoms with Crippen molar-refractivity contribution in [3.8, 4) is 0 Å². The van der Waals surface area contributed by atoms with Gasteiger partial charge in [-0.2, -0.15) is 0 Å². The van der Waals surface area contributed by atoms with Crippen molar-refractivity contribution < 1.29 is 23.7 Å². The lowest BCUT2D eigenvalue weighted by Crippen LogP contribution is -2.28. The molecule has 2 N–H and O–H groups in total. The molecule has 0 aromatic heterocycles. The van der Waals surface area contributed by atoms with Gasteiger partial charge in [-0.25, -0.2) is 4.39 Å². The van der Waals surface area contributed by atoms with Crippen molar-refractivity contribution in [3.05, 3.63) is 34.6 Å². The number of benzene rings is 1. The Morgan fingerprint density at radius 3 is 2.83 bits per heavy atom. The van der Waals surface area contributed by atoms with E-state index in [1.807, 2.05) is 0 Å². The largest absolute Gasteiger partial charge is 0.288 e. The number of hydrogen-bond acceptors (Lipinski definition) is 5. The minimum Gasteiger partial charge on any atom is -0.288 e. The lowest BCUT2D eigenvalue weighted by molar-refractivity contribution is -0.242. The monoisotopic (exact) mass is 252 g/mol. The molecule has 6 nitrogen and oxygen atoms in total. The van der Waals surface area contributed by atoms with Crippen LogP contribution in [-0.4, -0.2) is 18.4 Å². The molecule has 2 aliphatic heterocycles. The molecule has 2 aliphatic rings. The number of carbonyl (C=O) groups excluding carboxylic acids is 2. The fraction of sp³-hybridized carbons (Fsp3) is 0.273. The highest BCUT2D eigenvalue weighted by Crippen LogP contribution is 2.30. The molecule has 0 radical (unpaired) electrons. The Labute approximate surface area is 101 Å². The van der Waals surface area contributed by atoms with Gasteiger partial charge in [0.15, 0.2) is 0 Å². The maximum Gasteiger partial charge on any atom is 0.261 e. The Balaban J connectivity index is 2.05. The Morgan fingerprint density at radius 2 is 2.11 bits per heavy atom. The highest BCUT2D eigenvalue weighted by atomic mass is 19.1. The van der Waals surface area contributed by atoms with Gasteiger partial charge in [-0.3, -0.25) is 24.6 Å². The number of carbonyl (C=O) groups is 2. The molecule has 0 saturated carbocycles. The van der Waals surface area contributed by atoms with Crippen molar-refractivity contribution in [2.45, 2.75) is 12.5 Å². The summed E-state index contributed by atoms with van der Waals surface area (Å²) < 4.78 is 14.2. The summed E-state index contributed by atoms with van der Waals surface area (Å²) in [6.45, 7) is 0.367. The lowest BCUT2D eigenvalue weighted by Gasteiger charge is -2.23. The Bertz CT molecular complexity index is 540. The van der Waals surface area contributed by atoms with E-state index in [1.54, 1.807) is 0 Å². The number of imide groups is 1. The highest BCUT2D eigenvalue weighted by Gasteiger charge is 2.33. The summed E-state index contributed by atoms with van der Waals surface area (Å²) in [5.74, 6) is -2.01. The maximum absolute atomic E-state index is 14.2. The second kappa shape index (κ2) is 4.13. The zero-order chi connectivity index (χ0) is 12.7. The maximum atomic E-state index is 14.2. The molecular weight excluding hydrogens is 243 g/mol. The zero-order valence-corrected chi connectivity index (χ0v) is 9.16. The zero-order valence-electron chi connectivity index (χ0n) is 9.16. The predicted octanol–water partition coefficient (Wildman–Crippen LogP) is 0.607. The number of amides is 2. The van der Waals surface area contributed by atoms with Gasteiger partial charge in [0.05, 0.1) is 17.7 Å². The molecule has 3 rings (SSSR count). The summed E-state index contributed by atoms with van der Waals surface area (Å²) >= 11 is 0. The number of halogens is 1. The Morgan fingerprint density at radius 1 is 1.28 bits per heavy atom. The van der Waals surface area contributed by atoms with E-state index in [-0.39, 0.29) is 16.7 Å². The third-order valence-corrected chi connectivity index (χ3v) is 2.95. The molecule has 0 aliphatic carbocycles. The molecule has 94 valence electrons. The van der Waals surface area contributed by atoms with Crippen LogP contribution in [0.15, 0.2) is 12.1 Å². The smallest absolute Gasteiger partial charge is 0.261 e. The quantitative estimate of drug-likeness (QED) is 0.716. The molecule has 1 saturated heterocycles. The summed E-state index contributed by atoms with van der Waals surface area (Å²) in [6, 6.07) is 2.87. The van der Waals surface area contributed by atoms with E-state index in [0.29, 0.717) is 13.0 Å². The van der Waals surface area contributed by atoms with E-state index in [4.69, 9.17) is 9.68 Å². The van der Waals surface area contributed by atoms with E-state index < -0.39 is 23.7 Å². The van der Waals surface area contributed by atoms with Crippen LogP contribution >= 0.6 is 0 Å². The van der Waals surface area contributed by atoms with Crippen LogP contribution in [0, 0.1) is 5.82 Å². The van der Waals surface area contributed by atoms with Gasteiger partial charge in [-0.05, 0) is 6.07 Å². The molecule has 0 bridgehead atoms. The third kappa shape index (κ3) is 1.60. The molecule has 2 heterocycles. The molecule has 7 heteroatoms. The molecule has 1 atom stereocenters. The van der Waals surface area contributed by atoms with Crippen molar-refractivity contribution in [1.82, 2.24) is 11.0 Å². The third-order valence-electron chi connectivity index (χ3n) is 2.95. The standard InChI is InChI=1S/C11H9FN2O4/c12-9-5(7-3-4-17-14-18-7)1-2-6-8(9)11(16)13-10(6)15/h1-2,7,14H,3-4H2,(H,13,15,16). The first-order valence-corrected chi connectivity index (χ1v) is 5.39. The van der Waals surface area contributed by atoms with Crippen molar-refractivity contribution >= 4 is 11.8 Å². The van der Waals surface area contributed by atoms with Gasteiger partial charge >= 0.3 is 0 Å². The van der Waals surface area contributed by atoms with Crippen molar-refractivity contribution in [1.29, 1.82) is 0 Å². The average Bonchev–Trinajstić information content (AvgIpc) is 2.67. The van der Waals surface area contributed by atoms with Gasteiger partial charge in [-0.1, -0.05) is 11.7 Å². The van der Waals surface area contributed by atoms with Crippen molar-refractivity contribution in [3.63, 3.8) is 0 Å². The minimum absolute atomic E-state index is 0.0567. The van der Waals surface area contributed by atoms with Gasteiger partial charge in [0.1, 0.15) is 11.9 Å². The molecule has 1 aromatic rings. The number of rotatable bonds is 1. The molecule has 18 heavy (non-hydrogen) atoms. The molecule has 0 spiro atoms. The fourth-order valence-corrected chi connectivity index (χ4v) is 2.06. The van der Waals surface area contributed by atoms with E-state index in [9.17, 15) is 14.0 Å². The summed E-state index contributed by atoms with van der Waals surface area (Å²) in [4.78, 5) is 32.6. The molecule has 1 unspecified atom stereocenters. The molecule has 1 fully saturated rings. The Kier molecular flexibility index (Phi) is 2.58. The first-order valence-electron chi connectivity index (χ1n) is 5.39. The van der Waals surface area contributed by atoms with Gasteiger partial charge in [0.2, 0.25) is 0 Å². The second-order valence-corrected chi connectivity index (χ2v) is 4.00. The first-order chi connectivity index (χ1) is 8.68. The predicted molar refractivity (Wildman–Crippen MR) is 55.7 cm³/mol. The van der Waals surface area contributed by atoms with Crippen LogP contribution in [0.4, 0.5) is 4.39 Å². The first kappa shape index (κ1) is 11.3. The minimum atomic E-state index is -0.718. The number of fused-ring (bicyclic) bond motifs is 1. The van der Waals surface area contributed by atoms with Gasteiger partial charge < -0.3 is 0 Å². The molecular formula is C11H9FN2O4. The summed E-state index contributed by atoms with van der Waals surface area (Å²) in [5, 5.41) is 2.05. The second-order valence-electron chi connectivity index (χ2n) is 4.00. The number of nitrogens with one attached hydrogen (secondary N) is 2. The van der Waals surface area contributed by atoms with Gasteiger partial charge in [0, 0.05) is 12.0 Å². The van der Waals surface area contributed by atoms with Crippen LogP contribution in [0.1, 0.15) is 38.8 Å². The van der Waals surface area contributed by atoms with Crippen LogP contribution in [-0.2, 0) is 9.68 Å². The molecule has 2 amide bonds. The van der Waals surface area contributed by atoms with Crippen LogP contribution in [0.25, 0.3) is 0 Å². The van der Waals surface area contributed by atoms with E-state index in [1.165, 1.54) is 12.1 Å². The molecule has 1 aromatic carbocycles. The van der Waals surface area contributed by atoms with Crippen LogP contribution in [0.3, 0.4) is 0 Å². The van der Waals surface area contributed by atoms with Gasteiger partial charge in [-0.15, -0.1) is 0 Å². The topological polar surface area (TPSA) is 76.7 Å². The summed E-state index contributed by atoms with van der Waals surface area (Å²) in [7, 11) is 0. The Hall–Kier alpha value is -1.83. The van der Waals surface area contributed by atoms with Gasteiger partial charge in [0.25, 0.3) is 11.8 Å². The van der Waals surface area contributed by atoms with Crippen LogP contribution in [0.2, 0.25) is 0 Å². The van der Waals surface area contributed by atoms with E-state index in [2.05, 4.69) is 11.0 Å². The SMILES string of the molecule is O=C1NC(=O)c2c1ccc(C1CCONO1)c2F. The van der Waals surface area contributed by atoms with Crippen LogP contribution < -0.4 is 11.0 Å². The van der Waals surface area contributed by atoms with Crippen molar-refractivity contribution in [2.75, 3.05) is 6.61 Å². The normalized spacial score (nSPS) is 22.8. The summed E-state index contributed by atoms with van der Waals surface area (Å²) in [6.07, 6.45) is -0.0919. The van der Waals surface area contributed by atoms with Crippen LogP contribution in [0.5, 0.6) is 0 Å². The summed E-state index contributed by atoms with van der Waals surface area (Å²) in [5.41, 5.74) is 2.29. The van der Waals surface area contributed by atoms with E-state index in [0.717, 1.165) is 0 Å². The highest BCUT2D eigenvalue weighted by molar-refractivity contribution is 6.21.